The van der Waals surface area contributed by atoms with Crippen LogP contribution in [0.4, 0.5) is 0 Å². The summed E-state index contributed by atoms with van der Waals surface area (Å²) < 4.78 is 0. The number of carboxylic acids is 1. The molecule has 5 heteroatoms. The molecule has 2 heterocycles. The summed E-state index contributed by atoms with van der Waals surface area (Å²) in [5.74, 6) is -1.03. The van der Waals surface area contributed by atoms with Crippen LogP contribution in [-0.2, 0) is 16.0 Å². The standard InChI is InChI=1S/C16H18N2O3/c1-10(16(20)21)12-8-18(9-12)15(19)6-11-7-17-14-5-3-2-4-13(11)14/h2-5,7,10,12,17H,6,8-9H2,1H3,(H,20,21). The number of nitrogens with one attached hydrogen (secondary N) is 1. The lowest BCUT2D eigenvalue weighted by molar-refractivity contribution is -0.150. The van der Waals surface area contributed by atoms with Crippen LogP contribution < -0.4 is 0 Å². The number of likely N-dealkylation sites (tertiary alicyclic amines) is 1. The van der Waals surface area contributed by atoms with Gasteiger partial charge in [-0.2, -0.15) is 0 Å². The number of aliphatic carboxylic acids is 1. The molecule has 2 N–H and O–H groups in total. The molecule has 21 heavy (non-hydrogen) atoms. The van der Waals surface area contributed by atoms with E-state index in [1.807, 2.05) is 30.5 Å². The number of hydrogen-bond donors (Lipinski definition) is 2. The summed E-state index contributed by atoms with van der Waals surface area (Å²) in [6.45, 7) is 2.80. The molecular formula is C16H18N2O3. The molecule has 1 aromatic carbocycles. The lowest BCUT2D eigenvalue weighted by Gasteiger charge is -2.41. The zero-order valence-electron chi connectivity index (χ0n) is 11.9. The van der Waals surface area contributed by atoms with E-state index in [4.69, 9.17) is 5.11 Å². The average Bonchev–Trinajstić information content (AvgIpc) is 2.80. The van der Waals surface area contributed by atoms with Crippen LogP contribution in [-0.4, -0.2) is 40.0 Å². The van der Waals surface area contributed by atoms with Crippen molar-refractivity contribution in [1.82, 2.24) is 9.88 Å². The second-order valence-corrected chi connectivity index (χ2v) is 5.72. The number of hydrogen-bond acceptors (Lipinski definition) is 2. The minimum absolute atomic E-state index is 0.0635. The zero-order chi connectivity index (χ0) is 15.0. The summed E-state index contributed by atoms with van der Waals surface area (Å²) in [5, 5.41) is 10.0. The van der Waals surface area contributed by atoms with Gasteiger partial charge in [0.05, 0.1) is 12.3 Å². The van der Waals surface area contributed by atoms with Gasteiger partial charge in [-0.05, 0) is 11.6 Å². The molecule has 3 rings (SSSR count). The molecule has 0 spiro atoms. The number of benzene rings is 1. The van der Waals surface area contributed by atoms with E-state index in [1.54, 1.807) is 11.8 Å². The SMILES string of the molecule is CC(C(=O)O)C1CN(C(=O)Cc2c[nH]c3ccccc23)C1. The first-order valence-electron chi connectivity index (χ1n) is 7.12. The monoisotopic (exact) mass is 286 g/mol. The maximum absolute atomic E-state index is 12.2. The topological polar surface area (TPSA) is 73.4 Å². The first kappa shape index (κ1) is 13.7. The molecule has 0 bridgehead atoms. The number of aromatic nitrogens is 1. The Morgan fingerprint density at radius 2 is 2.10 bits per heavy atom. The van der Waals surface area contributed by atoms with Crippen LogP contribution in [0.3, 0.4) is 0 Å². The van der Waals surface area contributed by atoms with Crippen molar-refractivity contribution >= 4 is 22.8 Å². The molecule has 1 amide bonds. The highest BCUT2D eigenvalue weighted by atomic mass is 16.4. The second-order valence-electron chi connectivity index (χ2n) is 5.72. The number of carboxylic acid groups (broad SMARTS) is 1. The van der Waals surface area contributed by atoms with Crippen LogP contribution >= 0.6 is 0 Å². The van der Waals surface area contributed by atoms with Gasteiger partial charge in [0.25, 0.3) is 0 Å². The molecule has 0 aliphatic carbocycles. The van der Waals surface area contributed by atoms with Gasteiger partial charge in [-0.3, -0.25) is 9.59 Å². The maximum Gasteiger partial charge on any atom is 0.306 e. The first-order chi connectivity index (χ1) is 10.1. The number of H-pyrrole nitrogens is 1. The smallest absolute Gasteiger partial charge is 0.306 e. The normalized spacial score (nSPS) is 16.7. The molecule has 1 aliphatic rings. The third kappa shape index (κ3) is 2.51. The van der Waals surface area contributed by atoms with E-state index in [1.165, 1.54) is 0 Å². The Labute approximate surface area is 122 Å². The highest BCUT2D eigenvalue weighted by Crippen LogP contribution is 2.26. The minimum atomic E-state index is -0.788. The third-order valence-corrected chi connectivity index (χ3v) is 4.38. The fourth-order valence-corrected chi connectivity index (χ4v) is 2.79. The van der Waals surface area contributed by atoms with Gasteiger partial charge in [0.15, 0.2) is 0 Å². The van der Waals surface area contributed by atoms with Crippen LogP contribution in [0.15, 0.2) is 30.5 Å². The Morgan fingerprint density at radius 3 is 2.81 bits per heavy atom. The van der Waals surface area contributed by atoms with Crippen molar-refractivity contribution in [1.29, 1.82) is 0 Å². The van der Waals surface area contributed by atoms with Gasteiger partial charge in [-0.1, -0.05) is 25.1 Å². The maximum atomic E-state index is 12.2. The average molecular weight is 286 g/mol. The van der Waals surface area contributed by atoms with Gasteiger partial charge < -0.3 is 15.0 Å². The number of amides is 1. The van der Waals surface area contributed by atoms with Gasteiger partial charge >= 0.3 is 5.97 Å². The van der Waals surface area contributed by atoms with Crippen molar-refractivity contribution in [3.8, 4) is 0 Å². The van der Waals surface area contributed by atoms with E-state index in [-0.39, 0.29) is 17.7 Å². The molecule has 1 aromatic heterocycles. The Kier molecular flexibility index (Phi) is 3.41. The lowest BCUT2D eigenvalue weighted by Crippen LogP contribution is -2.53. The fourth-order valence-electron chi connectivity index (χ4n) is 2.79. The summed E-state index contributed by atoms with van der Waals surface area (Å²) in [7, 11) is 0. The Hall–Kier alpha value is -2.30. The van der Waals surface area contributed by atoms with Crippen LogP contribution in [0.5, 0.6) is 0 Å². The number of rotatable bonds is 4. The molecule has 0 saturated carbocycles. The zero-order valence-corrected chi connectivity index (χ0v) is 11.9. The van der Waals surface area contributed by atoms with Gasteiger partial charge in [-0.15, -0.1) is 0 Å². The Morgan fingerprint density at radius 1 is 1.38 bits per heavy atom. The largest absolute Gasteiger partial charge is 0.481 e. The predicted molar refractivity (Wildman–Crippen MR) is 78.9 cm³/mol. The van der Waals surface area contributed by atoms with E-state index in [2.05, 4.69) is 4.98 Å². The molecular weight excluding hydrogens is 268 g/mol. The molecule has 2 aromatic rings. The Bertz CT molecular complexity index is 686. The molecule has 1 aliphatic heterocycles. The molecule has 0 radical (unpaired) electrons. The van der Waals surface area contributed by atoms with Crippen LogP contribution in [0.25, 0.3) is 10.9 Å². The highest BCUT2D eigenvalue weighted by Gasteiger charge is 2.37. The Balaban J connectivity index is 1.62. The van der Waals surface area contributed by atoms with E-state index in [0.717, 1.165) is 16.5 Å². The van der Waals surface area contributed by atoms with Crippen molar-refractivity contribution in [3.05, 3.63) is 36.0 Å². The predicted octanol–water partition coefficient (Wildman–Crippen LogP) is 1.89. The number of para-hydroxylation sites is 1. The van der Waals surface area contributed by atoms with E-state index in [9.17, 15) is 9.59 Å². The molecule has 1 atom stereocenters. The highest BCUT2D eigenvalue weighted by molar-refractivity contribution is 5.89. The van der Waals surface area contributed by atoms with Crippen molar-refractivity contribution in [2.45, 2.75) is 13.3 Å². The summed E-state index contributed by atoms with van der Waals surface area (Å²) >= 11 is 0. The van der Waals surface area contributed by atoms with Crippen LogP contribution in [0, 0.1) is 11.8 Å². The molecule has 1 saturated heterocycles. The van der Waals surface area contributed by atoms with Gasteiger partial charge in [-0.25, -0.2) is 0 Å². The van der Waals surface area contributed by atoms with Crippen molar-refractivity contribution in [2.24, 2.45) is 11.8 Å². The van der Waals surface area contributed by atoms with Gasteiger partial charge in [0.2, 0.25) is 5.91 Å². The first-order valence-corrected chi connectivity index (χ1v) is 7.12. The van der Waals surface area contributed by atoms with Gasteiger partial charge in [0.1, 0.15) is 0 Å². The number of carbonyl (C=O) groups excluding carboxylic acids is 1. The summed E-state index contributed by atoms with van der Waals surface area (Å²) in [6.07, 6.45) is 2.23. The number of carbonyl (C=O) groups is 2. The van der Waals surface area contributed by atoms with Gasteiger partial charge in [0, 0.05) is 36.1 Å². The van der Waals surface area contributed by atoms with Crippen molar-refractivity contribution in [3.63, 3.8) is 0 Å². The quantitative estimate of drug-likeness (QED) is 0.901. The van der Waals surface area contributed by atoms with E-state index >= 15 is 0 Å². The molecule has 110 valence electrons. The van der Waals surface area contributed by atoms with Crippen molar-refractivity contribution < 1.29 is 14.7 Å². The summed E-state index contributed by atoms with van der Waals surface area (Å²) in [4.78, 5) is 28.0. The fraction of sp³-hybridized carbons (Fsp3) is 0.375. The number of nitrogens with zero attached hydrogens (tertiary/aromatic N) is 1. The van der Waals surface area contributed by atoms with Crippen LogP contribution in [0.1, 0.15) is 12.5 Å². The van der Waals surface area contributed by atoms with Crippen molar-refractivity contribution in [2.75, 3.05) is 13.1 Å². The minimum Gasteiger partial charge on any atom is -0.481 e. The molecule has 5 nitrogen and oxygen atoms in total. The number of fused-ring (bicyclic) bond motifs is 1. The molecule has 1 unspecified atom stereocenters. The second kappa shape index (κ2) is 5.24. The van der Waals surface area contributed by atoms with E-state index in [0.29, 0.717) is 19.5 Å². The summed E-state index contributed by atoms with van der Waals surface area (Å²) in [6, 6.07) is 7.90. The third-order valence-electron chi connectivity index (χ3n) is 4.38. The summed E-state index contributed by atoms with van der Waals surface area (Å²) in [5.41, 5.74) is 2.02. The number of aromatic amines is 1. The van der Waals surface area contributed by atoms with Crippen LogP contribution in [0.2, 0.25) is 0 Å². The van der Waals surface area contributed by atoms with E-state index < -0.39 is 5.97 Å². The lowest BCUT2D eigenvalue weighted by atomic mass is 9.87. The molecule has 1 fully saturated rings.